The van der Waals surface area contributed by atoms with E-state index in [2.05, 4.69) is 21.7 Å². The largest absolute Gasteiger partial charge is 0.492 e. The van der Waals surface area contributed by atoms with Crippen molar-refractivity contribution in [3.8, 4) is 11.8 Å². The molecule has 3 aromatic rings. The van der Waals surface area contributed by atoms with Gasteiger partial charge in [0.05, 0.1) is 45.3 Å². The molecule has 1 amide bonds. The van der Waals surface area contributed by atoms with Crippen molar-refractivity contribution in [2.24, 2.45) is 0 Å². The topological polar surface area (TPSA) is 87.0 Å². The van der Waals surface area contributed by atoms with Crippen LogP contribution in [0.4, 0.5) is 30.2 Å². The Labute approximate surface area is 215 Å². The first-order valence-corrected chi connectivity index (χ1v) is 11.7. The van der Waals surface area contributed by atoms with E-state index >= 15 is 0 Å². The quantitative estimate of drug-likeness (QED) is 0.234. The lowest BCUT2D eigenvalue weighted by Crippen LogP contribution is -2.10. The number of nitrogens with zero attached hydrogens (tertiary/aromatic N) is 2. The number of halogens is 5. The van der Waals surface area contributed by atoms with E-state index in [9.17, 15) is 23.2 Å². The maximum Gasteiger partial charge on any atom is 0.417 e. The van der Waals surface area contributed by atoms with Crippen LogP contribution in [0.15, 0.2) is 42.5 Å². The van der Waals surface area contributed by atoms with Gasteiger partial charge in [-0.05, 0) is 37.6 Å². The Kier molecular flexibility index (Phi) is 8.66. The van der Waals surface area contributed by atoms with E-state index in [1.165, 1.54) is 18.2 Å². The van der Waals surface area contributed by atoms with Crippen molar-refractivity contribution in [3.63, 3.8) is 0 Å². The molecular weight excluding hydrogens is 516 g/mol. The summed E-state index contributed by atoms with van der Waals surface area (Å²) in [6.45, 7) is 3.93. The summed E-state index contributed by atoms with van der Waals surface area (Å²) in [5.74, 6) is 0.0710. The summed E-state index contributed by atoms with van der Waals surface area (Å²) in [4.78, 5) is 16.9. The Morgan fingerprint density at radius 3 is 2.58 bits per heavy atom. The van der Waals surface area contributed by atoms with Crippen molar-refractivity contribution in [3.05, 3.63) is 64.3 Å². The number of aryl methyl sites for hydroxylation is 1. The van der Waals surface area contributed by atoms with Gasteiger partial charge in [-0.2, -0.15) is 18.4 Å². The van der Waals surface area contributed by atoms with Gasteiger partial charge in [-0.15, -0.1) is 11.6 Å². The van der Waals surface area contributed by atoms with Crippen LogP contribution in [0.1, 0.15) is 30.7 Å². The molecule has 0 radical (unpaired) electrons. The van der Waals surface area contributed by atoms with E-state index in [1.807, 2.05) is 6.92 Å². The normalized spacial score (nSPS) is 11.5. The van der Waals surface area contributed by atoms with Crippen LogP contribution < -0.4 is 15.4 Å². The van der Waals surface area contributed by atoms with E-state index in [1.54, 1.807) is 19.1 Å². The van der Waals surface area contributed by atoms with Crippen LogP contribution in [0.5, 0.6) is 5.75 Å². The number of pyridine rings is 1. The average Bonchev–Trinajstić information content (AvgIpc) is 2.82. The van der Waals surface area contributed by atoms with Crippen molar-refractivity contribution in [2.45, 2.75) is 26.4 Å². The van der Waals surface area contributed by atoms with Crippen LogP contribution in [-0.4, -0.2) is 23.4 Å². The van der Waals surface area contributed by atoms with E-state index in [0.29, 0.717) is 46.7 Å². The van der Waals surface area contributed by atoms with Gasteiger partial charge in [0, 0.05) is 29.1 Å². The lowest BCUT2D eigenvalue weighted by molar-refractivity contribution is -0.137. The Balaban J connectivity index is 2.21. The van der Waals surface area contributed by atoms with Crippen LogP contribution in [0.3, 0.4) is 0 Å². The molecule has 36 heavy (non-hydrogen) atoms. The third-order valence-corrected chi connectivity index (χ3v) is 5.56. The Morgan fingerprint density at radius 2 is 2.00 bits per heavy atom. The number of allylic oxidation sites excluding steroid dienone is 1. The number of hydrogen-bond acceptors (Lipinski definition) is 5. The number of rotatable bonds is 8. The molecule has 2 N–H and O–H groups in total. The third kappa shape index (κ3) is 6.01. The second-order valence-electron chi connectivity index (χ2n) is 7.44. The summed E-state index contributed by atoms with van der Waals surface area (Å²) < 4.78 is 45.1. The van der Waals surface area contributed by atoms with E-state index in [0.717, 1.165) is 12.1 Å². The molecule has 1 aromatic heterocycles. The summed E-state index contributed by atoms with van der Waals surface area (Å²) in [5.41, 5.74) is 1.05. The van der Waals surface area contributed by atoms with Crippen LogP contribution in [-0.2, 0) is 17.4 Å². The molecule has 0 spiro atoms. The van der Waals surface area contributed by atoms with Gasteiger partial charge >= 0.3 is 6.18 Å². The Morgan fingerprint density at radius 1 is 1.25 bits per heavy atom. The zero-order chi connectivity index (χ0) is 26.5. The first kappa shape index (κ1) is 27.1. The second-order valence-corrected chi connectivity index (χ2v) is 8.15. The van der Waals surface area contributed by atoms with Gasteiger partial charge in [-0.1, -0.05) is 24.6 Å². The fourth-order valence-electron chi connectivity index (χ4n) is 3.51. The fraction of sp³-hybridized carbons (Fsp3) is 0.240. The summed E-state index contributed by atoms with van der Waals surface area (Å²) >= 11 is 11.5. The van der Waals surface area contributed by atoms with Gasteiger partial charge in [0.15, 0.2) is 0 Å². The Hall–Kier alpha value is -3.48. The molecule has 0 aliphatic rings. The average molecular weight is 537 g/mol. The standard InChI is InChI=1S/C25H21Cl2F3N4O2/c1-3-19-16(13-31)24(32-14-7-8-17(18(27)10-14)25(28,29)30)15-11-21(34-23(35)6-5-9-26)22(36-4-2)12-20(15)33-19/h5-8,10-12H,3-4,9H2,1-2H3,(H,32,33)(H,34,35)/b6-5+. The van der Waals surface area contributed by atoms with Crippen LogP contribution in [0.25, 0.3) is 10.9 Å². The summed E-state index contributed by atoms with van der Waals surface area (Å²) in [6, 6.07) is 8.57. The number of nitriles is 1. The summed E-state index contributed by atoms with van der Waals surface area (Å²) in [5, 5.41) is 15.6. The van der Waals surface area contributed by atoms with E-state index in [4.69, 9.17) is 27.9 Å². The van der Waals surface area contributed by atoms with Crippen molar-refractivity contribution >= 4 is 57.1 Å². The highest BCUT2D eigenvalue weighted by molar-refractivity contribution is 6.31. The molecular formula is C25H21Cl2F3N4O2. The highest BCUT2D eigenvalue weighted by Crippen LogP contribution is 2.40. The number of ether oxygens (including phenoxy) is 1. The van der Waals surface area contributed by atoms with Crippen LogP contribution >= 0.6 is 23.2 Å². The number of amides is 1. The number of hydrogen-bond donors (Lipinski definition) is 2. The minimum absolute atomic E-state index is 0.155. The van der Waals surface area contributed by atoms with Crippen LogP contribution in [0, 0.1) is 11.3 Å². The van der Waals surface area contributed by atoms with Gasteiger partial charge in [0.2, 0.25) is 5.91 Å². The molecule has 1 heterocycles. The molecule has 0 aliphatic heterocycles. The maximum absolute atomic E-state index is 13.1. The smallest absolute Gasteiger partial charge is 0.417 e. The zero-order valence-electron chi connectivity index (χ0n) is 19.3. The highest BCUT2D eigenvalue weighted by Gasteiger charge is 2.33. The number of benzene rings is 2. The van der Waals surface area contributed by atoms with Gasteiger partial charge in [-0.3, -0.25) is 9.78 Å². The number of carbonyl (C=O) groups is 1. The van der Waals surface area contributed by atoms with Crippen molar-refractivity contribution in [2.75, 3.05) is 23.1 Å². The second kappa shape index (κ2) is 11.5. The molecule has 0 aliphatic carbocycles. The molecule has 2 aromatic carbocycles. The first-order chi connectivity index (χ1) is 17.1. The first-order valence-electron chi connectivity index (χ1n) is 10.8. The van der Waals surface area contributed by atoms with Gasteiger partial charge < -0.3 is 15.4 Å². The van der Waals surface area contributed by atoms with E-state index < -0.39 is 22.7 Å². The minimum atomic E-state index is -4.60. The predicted octanol–water partition coefficient (Wildman–Crippen LogP) is 7.22. The monoisotopic (exact) mass is 536 g/mol. The molecule has 11 heteroatoms. The fourth-order valence-corrected chi connectivity index (χ4v) is 3.89. The maximum atomic E-state index is 13.1. The van der Waals surface area contributed by atoms with Crippen molar-refractivity contribution in [1.29, 1.82) is 5.26 Å². The number of alkyl halides is 4. The molecule has 0 bridgehead atoms. The minimum Gasteiger partial charge on any atom is -0.492 e. The van der Waals surface area contributed by atoms with Crippen LogP contribution in [0.2, 0.25) is 5.02 Å². The molecule has 188 valence electrons. The molecule has 6 nitrogen and oxygen atoms in total. The van der Waals surface area contributed by atoms with Crippen molar-refractivity contribution in [1.82, 2.24) is 4.98 Å². The molecule has 0 atom stereocenters. The number of aromatic nitrogens is 1. The van der Waals surface area contributed by atoms with E-state index in [-0.39, 0.29) is 17.1 Å². The number of carbonyl (C=O) groups excluding carboxylic acids is 1. The SMILES string of the molecule is CCOc1cc2nc(CC)c(C#N)c(Nc3ccc(C(F)(F)F)c(Cl)c3)c2cc1NC(=O)/C=C/CCl. The van der Waals surface area contributed by atoms with Crippen molar-refractivity contribution < 1.29 is 22.7 Å². The summed E-state index contributed by atoms with van der Waals surface area (Å²) in [6.07, 6.45) is -1.43. The number of fused-ring (bicyclic) bond motifs is 1. The molecule has 0 unspecified atom stereocenters. The molecule has 0 saturated heterocycles. The Bertz CT molecular complexity index is 1370. The highest BCUT2D eigenvalue weighted by atomic mass is 35.5. The van der Waals surface area contributed by atoms with Gasteiger partial charge in [0.1, 0.15) is 11.8 Å². The lowest BCUT2D eigenvalue weighted by atomic mass is 10.0. The molecule has 3 rings (SSSR count). The number of nitrogens with one attached hydrogen (secondary N) is 2. The summed E-state index contributed by atoms with van der Waals surface area (Å²) in [7, 11) is 0. The van der Waals surface area contributed by atoms with Gasteiger partial charge in [-0.25, -0.2) is 0 Å². The number of anilines is 3. The zero-order valence-corrected chi connectivity index (χ0v) is 20.8. The van der Waals surface area contributed by atoms with Gasteiger partial charge in [0.25, 0.3) is 0 Å². The third-order valence-electron chi connectivity index (χ3n) is 5.07. The lowest BCUT2D eigenvalue weighted by Gasteiger charge is -2.18. The molecule has 0 fully saturated rings. The predicted molar refractivity (Wildman–Crippen MR) is 135 cm³/mol. The molecule has 0 saturated carbocycles.